The first-order chi connectivity index (χ1) is 5.69. The third-order valence-electron chi connectivity index (χ3n) is 2.29. The van der Waals surface area contributed by atoms with Crippen molar-refractivity contribution in [3.63, 3.8) is 0 Å². The van der Waals surface area contributed by atoms with Gasteiger partial charge in [0, 0.05) is 13.5 Å². The van der Waals surface area contributed by atoms with Gasteiger partial charge in [-0.25, -0.2) is 0 Å². The molecule has 3 nitrogen and oxygen atoms in total. The van der Waals surface area contributed by atoms with Gasteiger partial charge in [0.05, 0.1) is 12.2 Å². The topological polar surface area (TPSA) is 35.5 Å². The van der Waals surface area contributed by atoms with Gasteiger partial charge in [-0.05, 0) is 13.3 Å². The van der Waals surface area contributed by atoms with Gasteiger partial charge in [-0.3, -0.25) is 4.79 Å². The van der Waals surface area contributed by atoms with Crippen LogP contribution in [0.15, 0.2) is 0 Å². The molecular weight excluding hydrogens is 156 g/mol. The lowest BCUT2D eigenvalue weighted by atomic mass is 9.90. The van der Waals surface area contributed by atoms with Crippen molar-refractivity contribution in [2.75, 3.05) is 7.11 Å². The Morgan fingerprint density at radius 1 is 1.67 bits per heavy atom. The molecule has 3 atom stereocenters. The Morgan fingerprint density at radius 3 is 2.75 bits per heavy atom. The van der Waals surface area contributed by atoms with Gasteiger partial charge >= 0.3 is 0 Å². The van der Waals surface area contributed by atoms with E-state index < -0.39 is 0 Å². The van der Waals surface area contributed by atoms with Gasteiger partial charge < -0.3 is 9.47 Å². The van der Waals surface area contributed by atoms with E-state index in [0.717, 1.165) is 6.42 Å². The summed E-state index contributed by atoms with van der Waals surface area (Å²) in [7, 11) is 1.55. The van der Waals surface area contributed by atoms with Crippen molar-refractivity contribution in [1.82, 2.24) is 0 Å². The highest BCUT2D eigenvalue weighted by Gasteiger charge is 2.41. The Morgan fingerprint density at radius 2 is 2.33 bits per heavy atom. The average molecular weight is 172 g/mol. The van der Waals surface area contributed by atoms with Crippen molar-refractivity contribution in [2.45, 2.75) is 45.0 Å². The predicted octanol–water partition coefficient (Wildman–Crippen LogP) is 1.16. The molecule has 0 aromatic heterocycles. The van der Waals surface area contributed by atoms with Gasteiger partial charge in [0.25, 0.3) is 0 Å². The summed E-state index contributed by atoms with van der Waals surface area (Å²) in [6.45, 7) is 4.07. The molecule has 0 saturated heterocycles. The Hall–Kier alpha value is -0.410. The molecule has 0 radical (unpaired) electrons. The number of hydrogen-bond acceptors (Lipinski definition) is 3. The normalized spacial score (nSPS) is 31.4. The van der Waals surface area contributed by atoms with Crippen LogP contribution < -0.4 is 0 Å². The lowest BCUT2D eigenvalue weighted by molar-refractivity contribution is -0.167. The Balaban J connectivity index is 2.30. The molecule has 1 aliphatic rings. The van der Waals surface area contributed by atoms with Crippen LogP contribution in [0.5, 0.6) is 0 Å². The van der Waals surface area contributed by atoms with E-state index in [1.807, 2.05) is 6.92 Å². The third kappa shape index (κ3) is 1.84. The van der Waals surface area contributed by atoms with E-state index >= 15 is 0 Å². The molecule has 0 bridgehead atoms. The second-order valence-corrected chi connectivity index (χ2v) is 3.22. The number of rotatable bonds is 4. The summed E-state index contributed by atoms with van der Waals surface area (Å²) in [4.78, 5) is 10.9. The Labute approximate surface area is 73.0 Å². The molecule has 0 aromatic rings. The molecule has 0 heterocycles. The number of ether oxygens (including phenoxy) is 2. The highest BCUT2D eigenvalue weighted by atomic mass is 16.5. The van der Waals surface area contributed by atoms with Gasteiger partial charge in [-0.2, -0.15) is 0 Å². The van der Waals surface area contributed by atoms with Gasteiger partial charge in [-0.1, -0.05) is 6.92 Å². The number of Topliss-reactive ketones (excluding diaryl/α,β-unsaturated/α-hetero) is 1. The predicted molar refractivity (Wildman–Crippen MR) is 45.0 cm³/mol. The van der Waals surface area contributed by atoms with Crippen LogP contribution in [0.4, 0.5) is 0 Å². The van der Waals surface area contributed by atoms with Crippen molar-refractivity contribution in [3.8, 4) is 0 Å². The van der Waals surface area contributed by atoms with Crippen molar-refractivity contribution in [3.05, 3.63) is 0 Å². The van der Waals surface area contributed by atoms with Crippen molar-refractivity contribution in [1.29, 1.82) is 0 Å². The molecule has 1 aliphatic carbocycles. The van der Waals surface area contributed by atoms with Crippen LogP contribution in [0.25, 0.3) is 0 Å². The van der Waals surface area contributed by atoms with E-state index in [1.165, 1.54) is 0 Å². The minimum atomic E-state index is -0.306. The van der Waals surface area contributed by atoms with Crippen molar-refractivity contribution < 1.29 is 14.3 Å². The van der Waals surface area contributed by atoms with Gasteiger partial charge in [0.2, 0.25) is 0 Å². The van der Waals surface area contributed by atoms with Crippen molar-refractivity contribution >= 4 is 5.78 Å². The molecule has 0 spiro atoms. The molecule has 3 heteroatoms. The zero-order chi connectivity index (χ0) is 9.14. The molecule has 0 amide bonds. The SMILES string of the molecule is CCC(C)OC1CC(=O)C1OC. The molecular formula is C9H16O3. The molecule has 3 unspecified atom stereocenters. The summed E-state index contributed by atoms with van der Waals surface area (Å²) in [6, 6.07) is 0. The number of carbonyl (C=O) groups excluding carboxylic acids is 1. The van der Waals surface area contributed by atoms with Crippen LogP contribution in [0.3, 0.4) is 0 Å². The first-order valence-electron chi connectivity index (χ1n) is 4.40. The lowest BCUT2D eigenvalue weighted by Crippen LogP contribution is -2.50. The standard InChI is InChI=1S/C9H16O3/c1-4-6(2)12-8-5-7(10)9(8)11-3/h6,8-9H,4-5H2,1-3H3. The van der Waals surface area contributed by atoms with Crippen LogP contribution in [0.1, 0.15) is 26.7 Å². The Bertz CT molecular complexity index is 167. The smallest absolute Gasteiger partial charge is 0.166 e. The maximum Gasteiger partial charge on any atom is 0.166 e. The zero-order valence-corrected chi connectivity index (χ0v) is 7.87. The van der Waals surface area contributed by atoms with Crippen LogP contribution in [-0.2, 0) is 14.3 Å². The van der Waals surface area contributed by atoms with Crippen LogP contribution in [0, 0.1) is 0 Å². The molecule has 0 aliphatic heterocycles. The fraction of sp³-hybridized carbons (Fsp3) is 0.889. The van der Waals surface area contributed by atoms with E-state index in [1.54, 1.807) is 7.11 Å². The van der Waals surface area contributed by atoms with Crippen LogP contribution in [-0.4, -0.2) is 31.2 Å². The second kappa shape index (κ2) is 4.01. The zero-order valence-electron chi connectivity index (χ0n) is 7.87. The molecule has 12 heavy (non-hydrogen) atoms. The summed E-state index contributed by atoms with van der Waals surface area (Å²) in [5.74, 6) is 0.158. The van der Waals surface area contributed by atoms with E-state index in [9.17, 15) is 4.79 Å². The van der Waals surface area contributed by atoms with Gasteiger partial charge in [0.1, 0.15) is 6.10 Å². The largest absolute Gasteiger partial charge is 0.372 e. The quantitative estimate of drug-likeness (QED) is 0.638. The molecule has 0 N–H and O–H groups in total. The van der Waals surface area contributed by atoms with E-state index in [2.05, 4.69) is 6.92 Å². The van der Waals surface area contributed by atoms with Crippen molar-refractivity contribution in [2.24, 2.45) is 0 Å². The summed E-state index contributed by atoms with van der Waals surface area (Å²) < 4.78 is 10.5. The third-order valence-corrected chi connectivity index (χ3v) is 2.29. The number of hydrogen-bond donors (Lipinski definition) is 0. The number of carbonyl (C=O) groups is 1. The molecule has 0 aromatic carbocycles. The maximum atomic E-state index is 10.9. The summed E-state index contributed by atoms with van der Waals surface area (Å²) >= 11 is 0. The molecule has 1 rings (SSSR count). The Kier molecular flexibility index (Phi) is 3.23. The minimum absolute atomic E-state index is 0.00236. The highest BCUT2D eigenvalue weighted by Crippen LogP contribution is 2.23. The van der Waals surface area contributed by atoms with Gasteiger partial charge in [-0.15, -0.1) is 0 Å². The van der Waals surface area contributed by atoms with Gasteiger partial charge in [0.15, 0.2) is 5.78 Å². The summed E-state index contributed by atoms with van der Waals surface area (Å²) in [5, 5.41) is 0. The molecule has 1 fully saturated rings. The number of methoxy groups -OCH3 is 1. The second-order valence-electron chi connectivity index (χ2n) is 3.22. The fourth-order valence-corrected chi connectivity index (χ4v) is 1.27. The number of ketones is 1. The summed E-state index contributed by atoms with van der Waals surface area (Å²) in [5.41, 5.74) is 0. The first kappa shape index (κ1) is 9.68. The first-order valence-corrected chi connectivity index (χ1v) is 4.40. The average Bonchev–Trinajstić information content (AvgIpc) is 2.04. The lowest BCUT2D eigenvalue weighted by Gasteiger charge is -2.35. The molecule has 1 saturated carbocycles. The summed E-state index contributed by atoms with van der Waals surface area (Å²) in [6.07, 6.45) is 1.40. The van der Waals surface area contributed by atoms with E-state index in [0.29, 0.717) is 6.42 Å². The van der Waals surface area contributed by atoms with Crippen LogP contribution >= 0.6 is 0 Å². The minimum Gasteiger partial charge on any atom is -0.372 e. The monoisotopic (exact) mass is 172 g/mol. The fourth-order valence-electron chi connectivity index (χ4n) is 1.27. The molecule has 70 valence electrons. The van der Waals surface area contributed by atoms with Crippen LogP contribution in [0.2, 0.25) is 0 Å². The van der Waals surface area contributed by atoms with E-state index in [4.69, 9.17) is 9.47 Å². The van der Waals surface area contributed by atoms with E-state index in [-0.39, 0.29) is 24.1 Å². The highest BCUT2D eigenvalue weighted by molar-refractivity contribution is 5.90. The maximum absolute atomic E-state index is 10.9.